The zero-order valence-electron chi connectivity index (χ0n) is 15.0. The van der Waals surface area contributed by atoms with E-state index in [-0.39, 0.29) is 40.1 Å². The van der Waals surface area contributed by atoms with Gasteiger partial charge in [-0.25, -0.2) is 13.2 Å². The van der Waals surface area contributed by atoms with Gasteiger partial charge in [0.1, 0.15) is 17.5 Å². The number of rotatable bonds is 8. The molecule has 0 saturated heterocycles. The first-order chi connectivity index (χ1) is 13.4. The van der Waals surface area contributed by atoms with Crippen LogP contribution in [-0.4, -0.2) is 36.6 Å². The van der Waals surface area contributed by atoms with Gasteiger partial charge in [0.2, 0.25) is 5.44 Å². The van der Waals surface area contributed by atoms with Crippen molar-refractivity contribution in [3.63, 3.8) is 0 Å². The molecule has 1 heterocycles. The van der Waals surface area contributed by atoms with Crippen molar-refractivity contribution in [3.05, 3.63) is 46.2 Å². The van der Waals surface area contributed by atoms with E-state index in [0.29, 0.717) is 0 Å². The number of aromatic amines is 1. The van der Waals surface area contributed by atoms with E-state index in [1.54, 1.807) is 6.92 Å². The fourth-order valence-corrected chi connectivity index (χ4v) is 4.87. The van der Waals surface area contributed by atoms with Crippen LogP contribution in [0.15, 0.2) is 24.4 Å². The molecule has 8 nitrogen and oxygen atoms in total. The lowest BCUT2D eigenvalue weighted by atomic mass is 10.2. The van der Waals surface area contributed by atoms with Crippen LogP contribution in [0.3, 0.4) is 0 Å². The van der Waals surface area contributed by atoms with E-state index in [2.05, 4.69) is 10.2 Å². The molecule has 0 bridgehead atoms. The fourth-order valence-electron chi connectivity index (χ4n) is 2.72. The summed E-state index contributed by atoms with van der Waals surface area (Å²) in [5.74, 6) is -0.948. The Balaban J connectivity index is 1.82. The normalized spacial score (nSPS) is 14.9. The molecule has 0 radical (unpaired) electrons. The number of nitrogens with zero attached hydrogens (tertiary/aromatic N) is 2. The summed E-state index contributed by atoms with van der Waals surface area (Å²) in [7, 11) is -3.78. The van der Waals surface area contributed by atoms with Crippen molar-refractivity contribution in [3.8, 4) is 11.8 Å². The lowest BCUT2D eigenvalue weighted by Crippen LogP contribution is -2.31. The highest BCUT2D eigenvalue weighted by molar-refractivity contribution is 7.91. The van der Waals surface area contributed by atoms with Crippen LogP contribution in [0.4, 0.5) is 0 Å². The molecule has 1 unspecified atom stereocenters. The molecule has 2 aromatic rings. The molecule has 1 aromatic heterocycles. The van der Waals surface area contributed by atoms with Gasteiger partial charge in [-0.1, -0.05) is 11.6 Å². The Bertz CT molecular complexity index is 1020. The Hall–Kier alpha value is -2.57. The molecule has 1 saturated carbocycles. The van der Waals surface area contributed by atoms with E-state index in [0.717, 1.165) is 12.8 Å². The van der Waals surface area contributed by atoms with E-state index < -0.39 is 27.0 Å². The number of carbonyl (C=O) groups excluding carboxylic acids is 1. The summed E-state index contributed by atoms with van der Waals surface area (Å²) in [5, 5.41) is 15.4. The van der Waals surface area contributed by atoms with Crippen LogP contribution in [0.2, 0.25) is 5.02 Å². The van der Waals surface area contributed by atoms with Crippen molar-refractivity contribution in [1.82, 2.24) is 10.2 Å². The Morgan fingerprint density at radius 1 is 1.46 bits per heavy atom. The summed E-state index contributed by atoms with van der Waals surface area (Å²) in [4.78, 5) is 12.0. The molecule has 3 rings (SSSR count). The highest BCUT2D eigenvalue weighted by Crippen LogP contribution is 2.39. The lowest BCUT2D eigenvalue weighted by Gasteiger charge is -2.19. The highest BCUT2D eigenvalue weighted by atomic mass is 35.5. The molecule has 1 fully saturated rings. The van der Waals surface area contributed by atoms with Gasteiger partial charge in [0, 0.05) is 17.5 Å². The molecular weight excluding hydrogens is 406 g/mol. The summed E-state index contributed by atoms with van der Waals surface area (Å²) in [5.41, 5.74) is -0.564. The molecule has 1 aliphatic rings. The van der Waals surface area contributed by atoms with Crippen LogP contribution < -0.4 is 4.74 Å². The molecular formula is C18H18ClN3O5S. The zero-order valence-corrected chi connectivity index (χ0v) is 16.6. The number of benzene rings is 1. The summed E-state index contributed by atoms with van der Waals surface area (Å²) >= 11 is 6.01. The molecule has 148 valence electrons. The second kappa shape index (κ2) is 8.20. The number of hydrogen-bond acceptors (Lipinski definition) is 7. The molecule has 1 atom stereocenters. The quantitative estimate of drug-likeness (QED) is 0.647. The number of aromatic nitrogens is 2. The first-order valence-electron chi connectivity index (χ1n) is 8.63. The molecule has 0 amide bonds. The Labute approximate surface area is 167 Å². The number of carbonyl (C=O) groups is 1. The monoisotopic (exact) mass is 423 g/mol. The summed E-state index contributed by atoms with van der Waals surface area (Å²) in [6, 6.07) is 6.35. The number of nitriles is 1. The number of esters is 1. The third-order valence-corrected chi connectivity index (χ3v) is 6.44. The second-order valence-electron chi connectivity index (χ2n) is 6.38. The number of H-pyrrole nitrogens is 1. The van der Waals surface area contributed by atoms with Gasteiger partial charge in [-0.2, -0.15) is 10.4 Å². The van der Waals surface area contributed by atoms with Crippen molar-refractivity contribution in [2.24, 2.45) is 5.92 Å². The highest BCUT2D eigenvalue weighted by Gasteiger charge is 2.42. The number of halogens is 1. The summed E-state index contributed by atoms with van der Waals surface area (Å²) in [6.07, 6.45) is 2.75. The number of sulfone groups is 1. The van der Waals surface area contributed by atoms with Crippen molar-refractivity contribution < 1.29 is 22.7 Å². The lowest BCUT2D eigenvalue weighted by molar-refractivity contribution is 0.0518. The average molecular weight is 424 g/mol. The van der Waals surface area contributed by atoms with Gasteiger partial charge in [0.05, 0.1) is 29.1 Å². The van der Waals surface area contributed by atoms with Gasteiger partial charge in [-0.05, 0) is 31.9 Å². The minimum atomic E-state index is -3.78. The van der Waals surface area contributed by atoms with E-state index in [1.165, 1.54) is 24.4 Å². The molecule has 10 heteroatoms. The topological polar surface area (TPSA) is 122 Å². The van der Waals surface area contributed by atoms with Crippen LogP contribution in [0.5, 0.6) is 5.75 Å². The SMILES string of the molecule is CCOC(=O)c1[nH]ncc1CS(=O)(=O)C(Oc1ccc(C#N)c(Cl)c1)C1CC1. The fraction of sp³-hybridized carbons (Fsp3) is 0.389. The van der Waals surface area contributed by atoms with Gasteiger partial charge >= 0.3 is 5.97 Å². The maximum absolute atomic E-state index is 13.0. The number of hydrogen-bond donors (Lipinski definition) is 1. The number of nitrogens with one attached hydrogen (secondary N) is 1. The van der Waals surface area contributed by atoms with Crippen molar-refractivity contribution in [2.45, 2.75) is 31.0 Å². The first-order valence-corrected chi connectivity index (χ1v) is 10.7. The molecule has 0 spiro atoms. The second-order valence-corrected chi connectivity index (χ2v) is 8.86. The Morgan fingerprint density at radius 2 is 2.21 bits per heavy atom. The average Bonchev–Trinajstić information content (AvgIpc) is 3.38. The number of ether oxygens (including phenoxy) is 2. The predicted molar refractivity (Wildman–Crippen MR) is 100 cm³/mol. The van der Waals surface area contributed by atoms with Crippen LogP contribution in [0.1, 0.15) is 41.4 Å². The Kier molecular flexibility index (Phi) is 5.91. The van der Waals surface area contributed by atoms with Gasteiger partial charge in [-0.15, -0.1) is 0 Å². The van der Waals surface area contributed by atoms with Crippen molar-refractivity contribution in [2.75, 3.05) is 6.61 Å². The molecule has 1 N–H and O–H groups in total. The largest absolute Gasteiger partial charge is 0.474 e. The Morgan fingerprint density at radius 3 is 2.82 bits per heavy atom. The predicted octanol–water partition coefficient (Wildman–Crippen LogP) is 2.84. The van der Waals surface area contributed by atoms with Crippen LogP contribution in [0, 0.1) is 17.2 Å². The third-order valence-electron chi connectivity index (χ3n) is 4.23. The minimum Gasteiger partial charge on any atom is -0.474 e. The van der Waals surface area contributed by atoms with Crippen molar-refractivity contribution in [1.29, 1.82) is 5.26 Å². The van der Waals surface area contributed by atoms with Gasteiger partial charge in [-0.3, -0.25) is 5.10 Å². The van der Waals surface area contributed by atoms with Gasteiger partial charge < -0.3 is 9.47 Å². The van der Waals surface area contributed by atoms with E-state index in [4.69, 9.17) is 26.3 Å². The molecule has 1 aromatic carbocycles. The summed E-state index contributed by atoms with van der Waals surface area (Å²) < 4.78 is 36.7. The van der Waals surface area contributed by atoms with Crippen LogP contribution >= 0.6 is 11.6 Å². The summed E-state index contributed by atoms with van der Waals surface area (Å²) in [6.45, 7) is 1.82. The van der Waals surface area contributed by atoms with Crippen LogP contribution in [-0.2, 0) is 20.3 Å². The van der Waals surface area contributed by atoms with E-state index in [1.807, 2.05) is 6.07 Å². The molecule has 0 aliphatic heterocycles. The van der Waals surface area contributed by atoms with E-state index >= 15 is 0 Å². The van der Waals surface area contributed by atoms with Crippen molar-refractivity contribution >= 4 is 27.4 Å². The van der Waals surface area contributed by atoms with Gasteiger partial charge in [0.25, 0.3) is 0 Å². The molecule has 28 heavy (non-hydrogen) atoms. The third kappa shape index (κ3) is 4.46. The maximum Gasteiger partial charge on any atom is 0.356 e. The standard InChI is InChI=1S/C18H18ClN3O5S/c1-2-26-17(23)16-13(9-21-22-16)10-28(24,25)18(11-3-4-11)27-14-6-5-12(8-20)15(19)7-14/h5-7,9,11,18H,2-4,10H2,1H3,(H,21,22). The maximum atomic E-state index is 13.0. The van der Waals surface area contributed by atoms with Gasteiger partial charge in [0.15, 0.2) is 9.84 Å². The zero-order chi connectivity index (χ0) is 20.3. The minimum absolute atomic E-state index is 0.0152. The van der Waals surface area contributed by atoms with E-state index in [9.17, 15) is 13.2 Å². The first kappa shape index (κ1) is 20.2. The smallest absolute Gasteiger partial charge is 0.356 e. The van der Waals surface area contributed by atoms with Crippen LogP contribution in [0.25, 0.3) is 0 Å². The molecule has 1 aliphatic carbocycles.